The van der Waals surface area contributed by atoms with E-state index in [-0.39, 0.29) is 18.4 Å². The van der Waals surface area contributed by atoms with Gasteiger partial charge in [0.1, 0.15) is 0 Å². The number of thiophene rings is 1. The highest BCUT2D eigenvalue weighted by Gasteiger charge is 2.19. The van der Waals surface area contributed by atoms with Gasteiger partial charge in [-0.2, -0.15) is 11.8 Å². The van der Waals surface area contributed by atoms with Gasteiger partial charge >= 0.3 is 0 Å². The molecular weight excluding hydrogens is 426 g/mol. The van der Waals surface area contributed by atoms with Gasteiger partial charge in [-0.1, -0.05) is 23.7 Å². The molecule has 0 unspecified atom stereocenters. The molecule has 1 aliphatic rings. The summed E-state index contributed by atoms with van der Waals surface area (Å²) in [7, 11) is 0. The lowest BCUT2D eigenvalue weighted by Crippen LogP contribution is -2.38. The maximum atomic E-state index is 12.7. The average molecular weight is 450 g/mol. The zero-order valence-corrected chi connectivity index (χ0v) is 18.5. The standard InChI is InChI=1S/C21H24ClN3O2S2/c1-2-8-24(14-18-6-7-19(22)29-18)15-20(26)23-17-5-3-4-16(13-17)21(27)25-9-11-28-12-10-25/h2-7,13H,1,8-12,14-15H2,(H,23,26). The first-order valence-electron chi connectivity index (χ1n) is 9.39. The van der Waals surface area contributed by atoms with Crippen molar-refractivity contribution in [1.82, 2.24) is 9.80 Å². The monoisotopic (exact) mass is 449 g/mol. The van der Waals surface area contributed by atoms with Crippen LogP contribution in [-0.4, -0.2) is 59.3 Å². The number of hydrogen-bond donors (Lipinski definition) is 1. The largest absolute Gasteiger partial charge is 0.337 e. The molecule has 0 spiro atoms. The fourth-order valence-electron chi connectivity index (χ4n) is 3.11. The van der Waals surface area contributed by atoms with Crippen molar-refractivity contribution in [3.8, 4) is 0 Å². The van der Waals surface area contributed by atoms with Gasteiger partial charge in [0.05, 0.1) is 10.9 Å². The lowest BCUT2D eigenvalue weighted by molar-refractivity contribution is -0.117. The van der Waals surface area contributed by atoms with E-state index in [0.717, 1.165) is 33.8 Å². The predicted octanol–water partition coefficient (Wildman–Crippen LogP) is 4.22. The fourth-order valence-corrected chi connectivity index (χ4v) is 5.14. The van der Waals surface area contributed by atoms with E-state index in [4.69, 9.17) is 11.6 Å². The number of amides is 2. The van der Waals surface area contributed by atoms with Crippen molar-refractivity contribution >= 4 is 52.2 Å². The van der Waals surface area contributed by atoms with Gasteiger partial charge < -0.3 is 10.2 Å². The van der Waals surface area contributed by atoms with Crippen LogP contribution in [-0.2, 0) is 11.3 Å². The fraction of sp³-hybridized carbons (Fsp3) is 0.333. The summed E-state index contributed by atoms with van der Waals surface area (Å²) < 4.78 is 0.733. The third kappa shape index (κ3) is 6.60. The smallest absolute Gasteiger partial charge is 0.253 e. The van der Waals surface area contributed by atoms with Crippen LogP contribution in [0.15, 0.2) is 49.1 Å². The highest BCUT2D eigenvalue weighted by Crippen LogP contribution is 2.23. The molecule has 1 aromatic carbocycles. The van der Waals surface area contributed by atoms with Gasteiger partial charge in [-0.25, -0.2) is 0 Å². The third-order valence-electron chi connectivity index (χ3n) is 4.45. The van der Waals surface area contributed by atoms with Gasteiger partial charge in [-0.05, 0) is 30.3 Å². The second-order valence-electron chi connectivity index (χ2n) is 6.70. The van der Waals surface area contributed by atoms with E-state index in [1.54, 1.807) is 30.3 Å². The topological polar surface area (TPSA) is 52.7 Å². The number of halogens is 1. The number of carbonyl (C=O) groups excluding carboxylic acids is 2. The number of anilines is 1. The summed E-state index contributed by atoms with van der Waals surface area (Å²) in [5.74, 6) is 1.82. The molecule has 0 radical (unpaired) electrons. The maximum Gasteiger partial charge on any atom is 0.253 e. The maximum absolute atomic E-state index is 12.7. The predicted molar refractivity (Wildman–Crippen MR) is 123 cm³/mol. The first kappa shape index (κ1) is 21.9. The summed E-state index contributed by atoms with van der Waals surface area (Å²) in [4.78, 5) is 30.2. The Balaban J connectivity index is 1.60. The van der Waals surface area contributed by atoms with Crippen molar-refractivity contribution in [2.24, 2.45) is 0 Å². The van der Waals surface area contributed by atoms with Crippen LogP contribution < -0.4 is 5.32 Å². The van der Waals surface area contributed by atoms with Crippen molar-refractivity contribution in [2.75, 3.05) is 43.0 Å². The van der Waals surface area contributed by atoms with E-state index in [9.17, 15) is 9.59 Å². The Bertz CT molecular complexity index is 865. The number of nitrogens with one attached hydrogen (secondary N) is 1. The molecule has 1 aromatic heterocycles. The SMILES string of the molecule is C=CCN(CC(=O)Nc1cccc(C(=O)N2CCSCC2)c1)Cc1ccc(Cl)s1. The first-order chi connectivity index (χ1) is 14.0. The number of hydrogen-bond acceptors (Lipinski definition) is 5. The van der Waals surface area contributed by atoms with Crippen LogP contribution in [0.4, 0.5) is 5.69 Å². The van der Waals surface area contributed by atoms with Gasteiger partial charge in [-0.3, -0.25) is 14.5 Å². The lowest BCUT2D eigenvalue weighted by Gasteiger charge is -2.26. The van der Waals surface area contributed by atoms with Crippen LogP contribution in [0.5, 0.6) is 0 Å². The molecule has 5 nitrogen and oxygen atoms in total. The normalized spacial score (nSPS) is 14.1. The molecule has 3 rings (SSSR count). The van der Waals surface area contributed by atoms with Crippen molar-refractivity contribution in [2.45, 2.75) is 6.54 Å². The van der Waals surface area contributed by atoms with Crippen LogP contribution >= 0.6 is 34.7 Å². The molecule has 2 heterocycles. The van der Waals surface area contributed by atoms with Crippen LogP contribution in [0.1, 0.15) is 15.2 Å². The van der Waals surface area contributed by atoms with Crippen molar-refractivity contribution in [3.05, 3.63) is 63.8 Å². The second-order valence-corrected chi connectivity index (χ2v) is 9.72. The van der Waals surface area contributed by atoms with Crippen LogP contribution in [0.3, 0.4) is 0 Å². The molecule has 1 saturated heterocycles. The summed E-state index contributed by atoms with van der Waals surface area (Å²) in [6, 6.07) is 11.0. The zero-order chi connectivity index (χ0) is 20.6. The van der Waals surface area contributed by atoms with Gasteiger partial charge in [-0.15, -0.1) is 17.9 Å². The zero-order valence-electron chi connectivity index (χ0n) is 16.1. The van der Waals surface area contributed by atoms with E-state index >= 15 is 0 Å². The molecule has 2 amide bonds. The van der Waals surface area contributed by atoms with Gasteiger partial charge in [0.15, 0.2) is 0 Å². The van der Waals surface area contributed by atoms with Gasteiger partial charge in [0.2, 0.25) is 5.91 Å². The minimum atomic E-state index is -0.131. The van der Waals surface area contributed by atoms with Crippen molar-refractivity contribution in [1.29, 1.82) is 0 Å². The Kier molecular flexibility index (Phi) is 8.18. The Labute approximate surface area is 184 Å². The first-order valence-corrected chi connectivity index (χ1v) is 11.7. The Morgan fingerprint density at radius 1 is 1.24 bits per heavy atom. The number of rotatable bonds is 8. The van der Waals surface area contributed by atoms with E-state index in [2.05, 4.69) is 11.9 Å². The van der Waals surface area contributed by atoms with E-state index in [0.29, 0.717) is 24.3 Å². The van der Waals surface area contributed by atoms with E-state index in [1.807, 2.05) is 33.7 Å². The van der Waals surface area contributed by atoms with E-state index < -0.39 is 0 Å². The minimum absolute atomic E-state index is 0.0178. The quantitative estimate of drug-likeness (QED) is 0.613. The van der Waals surface area contributed by atoms with Gasteiger partial charge in [0, 0.05) is 53.8 Å². The summed E-state index contributed by atoms with van der Waals surface area (Å²) in [5, 5.41) is 2.91. The molecule has 1 N–H and O–H groups in total. The Morgan fingerprint density at radius 2 is 2.03 bits per heavy atom. The molecule has 0 atom stereocenters. The Morgan fingerprint density at radius 3 is 2.72 bits per heavy atom. The van der Waals surface area contributed by atoms with Gasteiger partial charge in [0.25, 0.3) is 5.91 Å². The molecule has 1 fully saturated rings. The number of carbonyl (C=O) groups is 2. The van der Waals surface area contributed by atoms with Crippen LogP contribution in [0.2, 0.25) is 4.34 Å². The van der Waals surface area contributed by atoms with Crippen LogP contribution in [0, 0.1) is 0 Å². The van der Waals surface area contributed by atoms with Crippen LogP contribution in [0.25, 0.3) is 0 Å². The molecular formula is C21H24ClN3O2S2. The summed E-state index contributed by atoms with van der Waals surface area (Å²) >= 11 is 9.37. The average Bonchev–Trinajstić information content (AvgIpc) is 3.13. The summed E-state index contributed by atoms with van der Waals surface area (Å²) in [6.45, 7) is 6.75. The Hall–Kier alpha value is -1.80. The third-order valence-corrected chi connectivity index (χ3v) is 6.61. The van der Waals surface area contributed by atoms with Crippen molar-refractivity contribution in [3.63, 3.8) is 0 Å². The highest BCUT2D eigenvalue weighted by atomic mass is 35.5. The van der Waals surface area contributed by atoms with Crippen molar-refractivity contribution < 1.29 is 9.59 Å². The molecule has 2 aromatic rings. The minimum Gasteiger partial charge on any atom is -0.337 e. The highest BCUT2D eigenvalue weighted by molar-refractivity contribution is 7.99. The number of benzene rings is 1. The molecule has 0 saturated carbocycles. The molecule has 154 valence electrons. The lowest BCUT2D eigenvalue weighted by atomic mass is 10.1. The molecule has 8 heteroatoms. The number of nitrogens with zero attached hydrogens (tertiary/aromatic N) is 2. The summed E-state index contributed by atoms with van der Waals surface area (Å²) in [6.07, 6.45) is 1.78. The molecule has 29 heavy (non-hydrogen) atoms. The second kappa shape index (κ2) is 10.8. The molecule has 1 aliphatic heterocycles. The molecule has 0 aliphatic carbocycles. The summed E-state index contributed by atoms with van der Waals surface area (Å²) in [5.41, 5.74) is 1.23. The molecule has 0 bridgehead atoms. The van der Waals surface area contributed by atoms with E-state index in [1.165, 1.54) is 11.3 Å². The number of thioether (sulfide) groups is 1.